The van der Waals surface area contributed by atoms with Crippen molar-refractivity contribution in [3.05, 3.63) is 0 Å². The lowest BCUT2D eigenvalue weighted by Gasteiger charge is -2.32. The molecule has 0 amide bonds. The molecule has 0 aromatic carbocycles. The van der Waals surface area contributed by atoms with Gasteiger partial charge in [-0.3, -0.25) is 0 Å². The molecule has 0 bridgehead atoms. The number of rotatable bonds is 10. The van der Waals surface area contributed by atoms with Gasteiger partial charge in [0.25, 0.3) is 0 Å². The van der Waals surface area contributed by atoms with Gasteiger partial charge in [-0.1, -0.05) is 27.2 Å². The molecule has 0 N–H and O–H groups in total. The Hall–Kier alpha value is 0.0969. The molecule has 0 rings (SSSR count). The third-order valence-corrected chi connectivity index (χ3v) is 5.80. The fraction of sp³-hybridized carbons (Fsp3) is 1.00. The van der Waals surface area contributed by atoms with Gasteiger partial charge in [0, 0.05) is 25.4 Å². The Bertz CT molecular complexity index is 168. The van der Waals surface area contributed by atoms with Crippen LogP contribution in [-0.2, 0) is 13.3 Å². The molecule has 17 heavy (non-hydrogen) atoms. The average molecular weight is 262 g/mol. The molecule has 104 valence electrons. The molecule has 0 fully saturated rings. The maximum absolute atomic E-state index is 6.16. The highest BCUT2D eigenvalue weighted by molar-refractivity contribution is 6.60. The van der Waals surface area contributed by atoms with Crippen molar-refractivity contribution in [2.45, 2.75) is 66.5 Å². The van der Waals surface area contributed by atoms with Gasteiger partial charge in [-0.25, -0.2) is 0 Å². The van der Waals surface area contributed by atoms with Crippen molar-refractivity contribution in [2.75, 3.05) is 13.2 Å². The summed E-state index contributed by atoms with van der Waals surface area (Å²) in [6.07, 6.45) is 2.31. The van der Waals surface area contributed by atoms with Crippen molar-refractivity contribution in [3.63, 3.8) is 0 Å². The minimum Gasteiger partial charge on any atom is -0.374 e. The summed E-state index contributed by atoms with van der Waals surface area (Å²) < 4.78 is 17.9. The quantitative estimate of drug-likeness (QED) is 0.560. The molecule has 0 saturated carbocycles. The van der Waals surface area contributed by atoms with E-state index in [4.69, 9.17) is 13.3 Å². The molecule has 0 aliphatic rings. The van der Waals surface area contributed by atoms with Gasteiger partial charge in [-0.2, -0.15) is 0 Å². The molecular formula is C13H30O3Si. The summed E-state index contributed by atoms with van der Waals surface area (Å²) in [5, 5.41) is 0. The summed E-state index contributed by atoms with van der Waals surface area (Å²) in [5.41, 5.74) is 0. The molecule has 0 saturated heterocycles. The van der Waals surface area contributed by atoms with Crippen LogP contribution in [0.15, 0.2) is 0 Å². The summed E-state index contributed by atoms with van der Waals surface area (Å²) in [7, 11) is -2.43. The van der Waals surface area contributed by atoms with E-state index >= 15 is 0 Å². The van der Waals surface area contributed by atoms with Crippen molar-refractivity contribution >= 4 is 8.80 Å². The Morgan fingerprint density at radius 3 is 1.82 bits per heavy atom. The fourth-order valence-electron chi connectivity index (χ4n) is 2.08. The van der Waals surface area contributed by atoms with Gasteiger partial charge in [-0.05, 0) is 33.1 Å². The SMILES string of the molecule is CCC[Si](OCC)(OCC)OC(C)CC(C)C. The van der Waals surface area contributed by atoms with Crippen LogP contribution in [-0.4, -0.2) is 28.1 Å². The maximum atomic E-state index is 6.16. The van der Waals surface area contributed by atoms with Crippen molar-refractivity contribution < 1.29 is 13.3 Å². The van der Waals surface area contributed by atoms with Crippen LogP contribution in [0.2, 0.25) is 6.04 Å². The first kappa shape index (κ1) is 17.1. The van der Waals surface area contributed by atoms with Gasteiger partial charge in [0.05, 0.1) is 0 Å². The summed E-state index contributed by atoms with van der Waals surface area (Å²) in [5.74, 6) is 0.640. The normalized spacial score (nSPS) is 14.3. The molecule has 1 atom stereocenters. The zero-order valence-corrected chi connectivity index (χ0v) is 13.4. The first-order chi connectivity index (χ1) is 7.99. The summed E-state index contributed by atoms with van der Waals surface area (Å²) in [6.45, 7) is 14.0. The molecule has 0 aliphatic heterocycles. The van der Waals surface area contributed by atoms with Gasteiger partial charge in [0.2, 0.25) is 0 Å². The van der Waals surface area contributed by atoms with E-state index < -0.39 is 8.80 Å². The molecule has 0 aliphatic carbocycles. The average Bonchev–Trinajstić information content (AvgIpc) is 2.16. The highest BCUT2D eigenvalue weighted by atomic mass is 28.4. The van der Waals surface area contributed by atoms with Gasteiger partial charge < -0.3 is 13.3 Å². The van der Waals surface area contributed by atoms with Crippen LogP contribution in [0.5, 0.6) is 0 Å². The van der Waals surface area contributed by atoms with Gasteiger partial charge in [-0.15, -0.1) is 0 Å². The van der Waals surface area contributed by atoms with E-state index in [2.05, 4.69) is 27.7 Å². The summed E-state index contributed by atoms with van der Waals surface area (Å²) in [4.78, 5) is 0. The molecule has 0 aromatic rings. The van der Waals surface area contributed by atoms with Crippen molar-refractivity contribution in [1.29, 1.82) is 0 Å². The molecule has 0 heterocycles. The molecule has 1 unspecified atom stereocenters. The third kappa shape index (κ3) is 7.19. The van der Waals surface area contributed by atoms with E-state index in [9.17, 15) is 0 Å². The second-order valence-electron chi connectivity index (χ2n) is 4.86. The van der Waals surface area contributed by atoms with E-state index in [1.807, 2.05) is 13.8 Å². The van der Waals surface area contributed by atoms with Crippen LogP contribution in [0.3, 0.4) is 0 Å². The first-order valence-electron chi connectivity index (χ1n) is 6.95. The van der Waals surface area contributed by atoms with Crippen LogP contribution in [0.25, 0.3) is 0 Å². The lowest BCUT2D eigenvalue weighted by atomic mass is 10.1. The standard InChI is InChI=1S/C13H30O3Si/c1-7-10-17(14-8-2,15-9-3)16-13(6)11-12(4)5/h12-13H,7-11H2,1-6H3. The molecule has 0 radical (unpaired) electrons. The predicted octanol–water partition coefficient (Wildman–Crippen LogP) is 3.86. The number of hydrogen-bond donors (Lipinski definition) is 0. The van der Waals surface area contributed by atoms with E-state index in [1.165, 1.54) is 0 Å². The van der Waals surface area contributed by atoms with Gasteiger partial charge in [0.1, 0.15) is 0 Å². The Labute approximate surface area is 108 Å². The van der Waals surface area contributed by atoms with Crippen molar-refractivity contribution in [1.82, 2.24) is 0 Å². The molecule has 3 nitrogen and oxygen atoms in total. The smallest absolute Gasteiger partial charge is 0.374 e. The Morgan fingerprint density at radius 1 is 0.941 bits per heavy atom. The number of hydrogen-bond acceptors (Lipinski definition) is 3. The molecule has 0 spiro atoms. The van der Waals surface area contributed by atoms with Gasteiger partial charge in [0.15, 0.2) is 0 Å². The fourth-order valence-corrected chi connectivity index (χ4v) is 4.90. The lowest BCUT2D eigenvalue weighted by Crippen LogP contribution is -2.48. The lowest BCUT2D eigenvalue weighted by molar-refractivity contribution is 0.0315. The van der Waals surface area contributed by atoms with Crippen LogP contribution < -0.4 is 0 Å². The summed E-state index contributed by atoms with van der Waals surface area (Å²) in [6, 6.07) is 0.914. The molecule has 4 heteroatoms. The monoisotopic (exact) mass is 262 g/mol. The minimum absolute atomic E-state index is 0.214. The topological polar surface area (TPSA) is 27.7 Å². The van der Waals surface area contributed by atoms with E-state index in [-0.39, 0.29) is 6.10 Å². The maximum Gasteiger partial charge on any atom is 0.501 e. The summed E-state index contributed by atoms with van der Waals surface area (Å²) >= 11 is 0. The Morgan fingerprint density at radius 2 is 1.47 bits per heavy atom. The molecule has 0 aromatic heterocycles. The molecular weight excluding hydrogens is 232 g/mol. The highest BCUT2D eigenvalue weighted by Gasteiger charge is 2.41. The zero-order valence-electron chi connectivity index (χ0n) is 12.4. The largest absolute Gasteiger partial charge is 0.501 e. The predicted molar refractivity (Wildman–Crippen MR) is 74.1 cm³/mol. The van der Waals surface area contributed by atoms with Gasteiger partial charge >= 0.3 is 8.80 Å². The van der Waals surface area contributed by atoms with E-state index in [0.717, 1.165) is 18.9 Å². The highest BCUT2D eigenvalue weighted by Crippen LogP contribution is 2.22. The Kier molecular flexibility index (Phi) is 9.14. The van der Waals surface area contributed by atoms with Crippen LogP contribution in [0.4, 0.5) is 0 Å². The van der Waals surface area contributed by atoms with Crippen LogP contribution >= 0.6 is 0 Å². The van der Waals surface area contributed by atoms with Crippen molar-refractivity contribution in [3.8, 4) is 0 Å². The Balaban J connectivity index is 4.51. The second-order valence-corrected chi connectivity index (χ2v) is 7.54. The van der Waals surface area contributed by atoms with E-state index in [0.29, 0.717) is 19.1 Å². The minimum atomic E-state index is -2.43. The third-order valence-electron chi connectivity index (χ3n) is 2.47. The first-order valence-corrected chi connectivity index (χ1v) is 8.88. The second kappa shape index (κ2) is 9.08. The van der Waals surface area contributed by atoms with E-state index in [1.54, 1.807) is 0 Å². The van der Waals surface area contributed by atoms with Crippen LogP contribution in [0, 0.1) is 5.92 Å². The van der Waals surface area contributed by atoms with Crippen molar-refractivity contribution in [2.24, 2.45) is 5.92 Å². The van der Waals surface area contributed by atoms with Crippen LogP contribution in [0.1, 0.15) is 54.4 Å². The zero-order chi connectivity index (χ0) is 13.3.